The molecule has 0 spiro atoms. The van der Waals surface area contributed by atoms with Crippen molar-refractivity contribution in [3.63, 3.8) is 0 Å². The van der Waals surface area contributed by atoms with Gasteiger partial charge in [-0.3, -0.25) is 13.9 Å². The number of hydrogen-bond acceptors (Lipinski definition) is 5. The molecule has 160 valence electrons. The van der Waals surface area contributed by atoms with Crippen LogP contribution in [-0.4, -0.2) is 19.1 Å². The lowest BCUT2D eigenvalue weighted by Crippen LogP contribution is -2.22. The van der Waals surface area contributed by atoms with Crippen LogP contribution in [0.4, 0.5) is 8.78 Å². The Hall–Kier alpha value is -2.23. The number of thiophene rings is 1. The van der Waals surface area contributed by atoms with Crippen LogP contribution in [0.1, 0.15) is 35.7 Å². The van der Waals surface area contributed by atoms with E-state index in [1.54, 1.807) is 40.2 Å². The molecule has 0 N–H and O–H groups in total. The first-order chi connectivity index (χ1) is 15.0. The van der Waals surface area contributed by atoms with Crippen LogP contribution in [-0.2, 0) is 18.6 Å². The van der Waals surface area contributed by atoms with Crippen LogP contribution in [0.2, 0.25) is 5.02 Å². The summed E-state index contributed by atoms with van der Waals surface area (Å²) in [6, 6.07) is 6.96. The summed E-state index contributed by atoms with van der Waals surface area (Å²) in [5.74, 6) is 0.385. The van der Waals surface area contributed by atoms with Gasteiger partial charge in [0, 0.05) is 22.3 Å². The smallest absolute Gasteiger partial charge is 0.277 e. The van der Waals surface area contributed by atoms with Gasteiger partial charge >= 0.3 is 6.55 Å². The van der Waals surface area contributed by atoms with Crippen LogP contribution in [0.5, 0.6) is 0 Å². The van der Waals surface area contributed by atoms with E-state index >= 15 is 0 Å². The molecule has 5 nitrogen and oxygen atoms in total. The van der Waals surface area contributed by atoms with Gasteiger partial charge in [-0.05, 0) is 55.5 Å². The Morgan fingerprint density at radius 2 is 1.97 bits per heavy atom. The van der Waals surface area contributed by atoms with Gasteiger partial charge < -0.3 is 0 Å². The van der Waals surface area contributed by atoms with Crippen molar-refractivity contribution in [3.05, 3.63) is 68.3 Å². The lowest BCUT2D eigenvalue weighted by atomic mass is 9.97. The number of fused-ring (bicyclic) bond motifs is 3. The molecule has 31 heavy (non-hydrogen) atoms. The van der Waals surface area contributed by atoms with Crippen molar-refractivity contribution in [1.82, 2.24) is 19.1 Å². The van der Waals surface area contributed by atoms with Gasteiger partial charge in [0.05, 0.1) is 16.8 Å². The van der Waals surface area contributed by atoms with Crippen molar-refractivity contribution in [3.8, 4) is 5.69 Å². The molecule has 3 aromatic heterocycles. The SMILES string of the molecule is O=c1c2c3c(sc2nc(SCc2nccn2C(F)F)n1-c1ccc(Cl)cc1)CCCC3. The summed E-state index contributed by atoms with van der Waals surface area (Å²) < 4.78 is 28.8. The molecular formula is C21H17ClF2N4OS2. The van der Waals surface area contributed by atoms with Crippen LogP contribution < -0.4 is 5.56 Å². The standard InChI is InChI=1S/C21H17ClF2N4OS2/c22-12-5-7-13(8-6-12)28-19(29)17-14-3-1-2-4-15(14)31-18(17)26-21(28)30-11-16-25-9-10-27(16)20(23)24/h5-10,20H,1-4,11H2. The molecule has 3 heterocycles. The predicted molar refractivity (Wildman–Crippen MR) is 120 cm³/mol. The van der Waals surface area contributed by atoms with E-state index < -0.39 is 6.55 Å². The maximum Gasteiger partial charge on any atom is 0.319 e. The highest BCUT2D eigenvalue weighted by molar-refractivity contribution is 7.98. The van der Waals surface area contributed by atoms with Crippen molar-refractivity contribution in [2.24, 2.45) is 0 Å². The average molecular weight is 479 g/mol. The molecule has 0 atom stereocenters. The van der Waals surface area contributed by atoms with Crippen molar-refractivity contribution in [2.75, 3.05) is 0 Å². The summed E-state index contributed by atoms with van der Waals surface area (Å²) in [7, 11) is 0. The van der Waals surface area contributed by atoms with Crippen molar-refractivity contribution in [1.29, 1.82) is 0 Å². The lowest BCUT2D eigenvalue weighted by Gasteiger charge is -2.14. The monoisotopic (exact) mass is 478 g/mol. The molecule has 5 rings (SSSR count). The first kappa shape index (κ1) is 20.7. The number of imidazole rings is 1. The van der Waals surface area contributed by atoms with E-state index in [0.29, 0.717) is 26.1 Å². The van der Waals surface area contributed by atoms with E-state index in [-0.39, 0.29) is 17.1 Å². The van der Waals surface area contributed by atoms with Crippen molar-refractivity contribution in [2.45, 2.75) is 43.1 Å². The minimum absolute atomic E-state index is 0.133. The summed E-state index contributed by atoms with van der Waals surface area (Å²) in [5.41, 5.74) is 1.61. The quantitative estimate of drug-likeness (QED) is 0.266. The number of aryl methyl sites for hydroxylation is 2. The van der Waals surface area contributed by atoms with Crippen LogP contribution >= 0.6 is 34.7 Å². The van der Waals surface area contributed by atoms with E-state index in [2.05, 4.69) is 4.98 Å². The average Bonchev–Trinajstić information content (AvgIpc) is 3.37. The van der Waals surface area contributed by atoms with Gasteiger partial charge in [-0.25, -0.2) is 9.97 Å². The molecule has 1 aromatic carbocycles. The van der Waals surface area contributed by atoms with E-state index in [1.807, 2.05) is 0 Å². The second kappa shape index (κ2) is 8.37. The molecule has 10 heteroatoms. The maximum atomic E-state index is 13.6. The number of alkyl halides is 2. The minimum atomic E-state index is -2.67. The van der Waals surface area contributed by atoms with Crippen LogP contribution in [0.15, 0.2) is 46.6 Å². The molecule has 0 saturated heterocycles. The molecule has 0 unspecified atom stereocenters. The number of nitrogens with zero attached hydrogens (tertiary/aromatic N) is 4. The molecule has 0 bridgehead atoms. The Morgan fingerprint density at radius 1 is 1.19 bits per heavy atom. The number of halogens is 3. The topological polar surface area (TPSA) is 52.7 Å². The molecule has 0 aliphatic heterocycles. The molecule has 1 aliphatic rings. The fourth-order valence-electron chi connectivity index (χ4n) is 3.86. The number of thioether (sulfide) groups is 1. The fraction of sp³-hybridized carbons (Fsp3) is 0.286. The fourth-order valence-corrected chi connectivity index (χ4v) is 6.25. The van der Waals surface area contributed by atoms with Gasteiger partial charge in [0.2, 0.25) is 0 Å². The Labute approximate surface area is 189 Å². The van der Waals surface area contributed by atoms with E-state index in [0.717, 1.165) is 35.8 Å². The number of hydrogen-bond donors (Lipinski definition) is 0. The largest absolute Gasteiger partial charge is 0.319 e. The molecule has 4 aromatic rings. The van der Waals surface area contributed by atoms with E-state index in [4.69, 9.17) is 16.6 Å². The molecular weight excluding hydrogens is 462 g/mol. The van der Waals surface area contributed by atoms with E-state index in [1.165, 1.54) is 29.0 Å². The number of aromatic nitrogens is 4. The third-order valence-corrected chi connectivity index (χ3v) is 7.70. The lowest BCUT2D eigenvalue weighted by molar-refractivity contribution is 0.0678. The third-order valence-electron chi connectivity index (χ3n) is 5.33. The van der Waals surface area contributed by atoms with Gasteiger partial charge in [0.25, 0.3) is 5.56 Å². The summed E-state index contributed by atoms with van der Waals surface area (Å²) in [6.45, 7) is -2.67. The van der Waals surface area contributed by atoms with E-state index in [9.17, 15) is 13.6 Å². The minimum Gasteiger partial charge on any atom is -0.277 e. The Balaban J connectivity index is 1.65. The second-order valence-corrected chi connectivity index (χ2v) is 9.68. The van der Waals surface area contributed by atoms with Crippen LogP contribution in [0.25, 0.3) is 15.9 Å². The highest BCUT2D eigenvalue weighted by atomic mass is 35.5. The zero-order chi connectivity index (χ0) is 21.5. The van der Waals surface area contributed by atoms with Crippen molar-refractivity contribution >= 4 is 44.9 Å². The molecule has 0 radical (unpaired) electrons. The molecule has 0 saturated carbocycles. The first-order valence-corrected chi connectivity index (χ1v) is 12.0. The van der Waals surface area contributed by atoms with Gasteiger partial charge in [0.15, 0.2) is 5.16 Å². The Morgan fingerprint density at radius 3 is 2.74 bits per heavy atom. The van der Waals surface area contributed by atoms with Gasteiger partial charge in [0.1, 0.15) is 10.7 Å². The summed E-state index contributed by atoms with van der Waals surface area (Å²) in [5, 5.41) is 1.68. The summed E-state index contributed by atoms with van der Waals surface area (Å²) in [6.07, 6.45) is 6.61. The van der Waals surface area contributed by atoms with Crippen LogP contribution in [0, 0.1) is 0 Å². The number of benzene rings is 1. The zero-order valence-corrected chi connectivity index (χ0v) is 18.6. The van der Waals surface area contributed by atoms with Gasteiger partial charge in [-0.2, -0.15) is 8.78 Å². The molecule has 0 amide bonds. The summed E-state index contributed by atoms with van der Waals surface area (Å²) in [4.78, 5) is 24.4. The van der Waals surface area contributed by atoms with Gasteiger partial charge in [-0.1, -0.05) is 23.4 Å². The Bertz CT molecular complexity index is 1310. The van der Waals surface area contributed by atoms with Crippen molar-refractivity contribution < 1.29 is 8.78 Å². The second-order valence-electron chi connectivity index (χ2n) is 7.22. The predicted octanol–water partition coefficient (Wildman–Crippen LogP) is 5.86. The Kier molecular flexibility index (Phi) is 5.58. The number of rotatable bonds is 5. The normalized spacial score (nSPS) is 13.8. The maximum absolute atomic E-state index is 13.6. The highest BCUT2D eigenvalue weighted by Crippen LogP contribution is 2.35. The van der Waals surface area contributed by atoms with Gasteiger partial charge in [-0.15, -0.1) is 11.3 Å². The first-order valence-electron chi connectivity index (χ1n) is 9.79. The zero-order valence-electron chi connectivity index (χ0n) is 16.2. The third kappa shape index (κ3) is 3.79. The molecule has 0 fully saturated rings. The highest BCUT2D eigenvalue weighted by Gasteiger charge is 2.23. The summed E-state index contributed by atoms with van der Waals surface area (Å²) >= 11 is 8.82. The molecule has 1 aliphatic carbocycles. The van der Waals surface area contributed by atoms with Crippen LogP contribution in [0.3, 0.4) is 0 Å².